The van der Waals surface area contributed by atoms with E-state index in [1.165, 1.54) is 5.56 Å². The van der Waals surface area contributed by atoms with Gasteiger partial charge in [0.05, 0.1) is 6.54 Å². The number of anilines is 1. The van der Waals surface area contributed by atoms with Crippen molar-refractivity contribution in [1.82, 2.24) is 9.80 Å². The molecule has 0 unspecified atom stereocenters. The SMILES string of the molecule is CCc1ccc(NCC(=O)N2CCN(C=O)CC2)cc1. The fourth-order valence-electron chi connectivity index (χ4n) is 2.22. The number of amides is 2. The summed E-state index contributed by atoms with van der Waals surface area (Å²) in [6, 6.07) is 8.12. The Labute approximate surface area is 119 Å². The minimum Gasteiger partial charge on any atom is -0.376 e. The molecule has 1 aromatic rings. The first-order valence-electron chi connectivity index (χ1n) is 7.03. The summed E-state index contributed by atoms with van der Waals surface area (Å²) in [5.74, 6) is 0.0788. The molecule has 1 aliphatic rings. The van der Waals surface area contributed by atoms with Crippen LogP contribution in [0.1, 0.15) is 12.5 Å². The van der Waals surface area contributed by atoms with Crippen molar-refractivity contribution in [3.8, 4) is 0 Å². The summed E-state index contributed by atoms with van der Waals surface area (Å²) in [6.45, 7) is 4.90. The van der Waals surface area contributed by atoms with E-state index in [9.17, 15) is 9.59 Å². The predicted octanol–water partition coefficient (Wildman–Crippen LogP) is 0.961. The van der Waals surface area contributed by atoms with Gasteiger partial charge in [-0.05, 0) is 24.1 Å². The van der Waals surface area contributed by atoms with Gasteiger partial charge in [-0.1, -0.05) is 19.1 Å². The van der Waals surface area contributed by atoms with E-state index in [0.717, 1.165) is 18.5 Å². The van der Waals surface area contributed by atoms with Crippen LogP contribution in [-0.4, -0.2) is 54.8 Å². The predicted molar refractivity (Wildman–Crippen MR) is 78.5 cm³/mol. The van der Waals surface area contributed by atoms with Gasteiger partial charge in [-0.3, -0.25) is 9.59 Å². The molecule has 1 aliphatic heterocycles. The highest BCUT2D eigenvalue weighted by Crippen LogP contribution is 2.10. The molecule has 0 aliphatic carbocycles. The van der Waals surface area contributed by atoms with E-state index < -0.39 is 0 Å². The molecule has 0 radical (unpaired) electrons. The maximum atomic E-state index is 12.0. The molecular weight excluding hydrogens is 254 g/mol. The highest BCUT2D eigenvalue weighted by atomic mass is 16.2. The maximum absolute atomic E-state index is 12.0. The lowest BCUT2D eigenvalue weighted by Crippen LogP contribution is -2.49. The molecule has 0 atom stereocenters. The number of aryl methyl sites for hydroxylation is 1. The molecule has 0 spiro atoms. The number of benzene rings is 1. The molecule has 0 aromatic heterocycles. The van der Waals surface area contributed by atoms with Crippen LogP contribution in [0, 0.1) is 0 Å². The molecule has 5 nitrogen and oxygen atoms in total. The highest BCUT2D eigenvalue weighted by molar-refractivity contribution is 5.81. The lowest BCUT2D eigenvalue weighted by atomic mass is 10.1. The summed E-state index contributed by atoms with van der Waals surface area (Å²) in [4.78, 5) is 26.1. The Morgan fingerprint density at radius 2 is 1.85 bits per heavy atom. The fourth-order valence-corrected chi connectivity index (χ4v) is 2.22. The smallest absolute Gasteiger partial charge is 0.241 e. The normalized spacial score (nSPS) is 15.1. The molecule has 0 bridgehead atoms. The Bertz CT molecular complexity index is 451. The van der Waals surface area contributed by atoms with Crippen molar-refractivity contribution >= 4 is 18.0 Å². The Hall–Kier alpha value is -2.04. The van der Waals surface area contributed by atoms with Crippen molar-refractivity contribution in [3.63, 3.8) is 0 Å². The van der Waals surface area contributed by atoms with Gasteiger partial charge in [0, 0.05) is 31.9 Å². The van der Waals surface area contributed by atoms with Crippen LogP contribution in [0.3, 0.4) is 0 Å². The maximum Gasteiger partial charge on any atom is 0.241 e. The van der Waals surface area contributed by atoms with Gasteiger partial charge in [-0.15, -0.1) is 0 Å². The summed E-state index contributed by atoms with van der Waals surface area (Å²) in [5.41, 5.74) is 2.24. The molecule has 2 amide bonds. The Morgan fingerprint density at radius 1 is 1.20 bits per heavy atom. The number of nitrogens with zero attached hydrogens (tertiary/aromatic N) is 2. The molecule has 2 rings (SSSR count). The van der Waals surface area contributed by atoms with E-state index in [4.69, 9.17) is 0 Å². The number of piperazine rings is 1. The first kappa shape index (κ1) is 14.4. The zero-order valence-corrected chi connectivity index (χ0v) is 11.8. The van der Waals surface area contributed by atoms with E-state index in [-0.39, 0.29) is 5.91 Å². The zero-order valence-electron chi connectivity index (χ0n) is 11.8. The standard InChI is InChI=1S/C15H21N3O2/c1-2-13-3-5-14(6-4-13)16-11-15(20)18-9-7-17(12-19)8-10-18/h3-6,12,16H,2,7-11H2,1H3. The minimum atomic E-state index is 0.0788. The van der Waals surface area contributed by atoms with Crippen LogP contribution in [0.5, 0.6) is 0 Å². The van der Waals surface area contributed by atoms with Crippen molar-refractivity contribution in [1.29, 1.82) is 0 Å². The van der Waals surface area contributed by atoms with Gasteiger partial charge in [0.1, 0.15) is 0 Å². The summed E-state index contributed by atoms with van der Waals surface area (Å²) in [5, 5.41) is 3.14. The number of rotatable bonds is 5. The van der Waals surface area contributed by atoms with Crippen molar-refractivity contribution in [2.75, 3.05) is 38.0 Å². The zero-order chi connectivity index (χ0) is 14.4. The largest absolute Gasteiger partial charge is 0.376 e. The van der Waals surface area contributed by atoms with Gasteiger partial charge in [-0.25, -0.2) is 0 Å². The summed E-state index contributed by atoms with van der Waals surface area (Å²) < 4.78 is 0. The van der Waals surface area contributed by atoms with Crippen molar-refractivity contribution in [2.24, 2.45) is 0 Å². The van der Waals surface area contributed by atoms with Gasteiger partial charge in [0.15, 0.2) is 0 Å². The van der Waals surface area contributed by atoms with Crippen LogP contribution in [0.2, 0.25) is 0 Å². The Kier molecular flexibility index (Phi) is 4.98. The highest BCUT2D eigenvalue weighted by Gasteiger charge is 2.19. The summed E-state index contributed by atoms with van der Waals surface area (Å²) in [6.07, 6.45) is 1.86. The first-order valence-corrected chi connectivity index (χ1v) is 7.03. The third-order valence-electron chi connectivity index (χ3n) is 3.62. The molecule has 1 N–H and O–H groups in total. The number of carbonyl (C=O) groups is 2. The van der Waals surface area contributed by atoms with Crippen LogP contribution in [0.4, 0.5) is 5.69 Å². The summed E-state index contributed by atoms with van der Waals surface area (Å²) >= 11 is 0. The van der Waals surface area contributed by atoms with Crippen LogP contribution in [0.25, 0.3) is 0 Å². The number of carbonyl (C=O) groups excluding carboxylic acids is 2. The topological polar surface area (TPSA) is 52.7 Å². The van der Waals surface area contributed by atoms with E-state index in [1.807, 2.05) is 12.1 Å². The van der Waals surface area contributed by atoms with Gasteiger partial charge in [0.2, 0.25) is 12.3 Å². The second kappa shape index (κ2) is 6.93. The van der Waals surface area contributed by atoms with Crippen molar-refractivity contribution in [2.45, 2.75) is 13.3 Å². The van der Waals surface area contributed by atoms with Crippen LogP contribution in [0.15, 0.2) is 24.3 Å². The van der Waals surface area contributed by atoms with E-state index in [1.54, 1.807) is 9.80 Å². The van der Waals surface area contributed by atoms with Gasteiger partial charge in [0.25, 0.3) is 0 Å². The molecule has 1 saturated heterocycles. The number of hydrogen-bond donors (Lipinski definition) is 1. The van der Waals surface area contributed by atoms with Crippen LogP contribution in [-0.2, 0) is 16.0 Å². The van der Waals surface area contributed by atoms with Gasteiger partial charge >= 0.3 is 0 Å². The van der Waals surface area contributed by atoms with E-state index in [0.29, 0.717) is 32.7 Å². The number of nitrogens with one attached hydrogen (secondary N) is 1. The molecule has 1 fully saturated rings. The minimum absolute atomic E-state index is 0.0788. The molecule has 1 heterocycles. The van der Waals surface area contributed by atoms with Gasteiger partial charge < -0.3 is 15.1 Å². The average Bonchev–Trinajstić information content (AvgIpc) is 2.53. The lowest BCUT2D eigenvalue weighted by Gasteiger charge is -2.32. The fraction of sp³-hybridized carbons (Fsp3) is 0.467. The second-order valence-electron chi connectivity index (χ2n) is 4.93. The number of hydrogen-bond acceptors (Lipinski definition) is 3. The van der Waals surface area contributed by atoms with Crippen molar-refractivity contribution < 1.29 is 9.59 Å². The lowest BCUT2D eigenvalue weighted by molar-refractivity contribution is -0.133. The third-order valence-corrected chi connectivity index (χ3v) is 3.62. The van der Waals surface area contributed by atoms with Crippen molar-refractivity contribution in [3.05, 3.63) is 29.8 Å². The molecule has 108 valence electrons. The van der Waals surface area contributed by atoms with E-state index >= 15 is 0 Å². The molecule has 0 saturated carbocycles. The third kappa shape index (κ3) is 3.73. The molecule has 20 heavy (non-hydrogen) atoms. The summed E-state index contributed by atoms with van der Waals surface area (Å²) in [7, 11) is 0. The van der Waals surface area contributed by atoms with Crippen LogP contribution >= 0.6 is 0 Å². The quantitative estimate of drug-likeness (QED) is 0.814. The molecule has 5 heteroatoms. The average molecular weight is 275 g/mol. The molecule has 1 aromatic carbocycles. The van der Waals surface area contributed by atoms with Crippen LogP contribution < -0.4 is 5.32 Å². The first-order chi connectivity index (χ1) is 9.72. The second-order valence-corrected chi connectivity index (χ2v) is 4.93. The molecular formula is C15H21N3O2. The van der Waals surface area contributed by atoms with E-state index in [2.05, 4.69) is 24.4 Å². The monoisotopic (exact) mass is 275 g/mol. The van der Waals surface area contributed by atoms with Gasteiger partial charge in [-0.2, -0.15) is 0 Å². The Balaban J connectivity index is 1.78. The Morgan fingerprint density at radius 3 is 2.40 bits per heavy atom.